The van der Waals surface area contributed by atoms with Gasteiger partial charge in [0.15, 0.2) is 0 Å². The van der Waals surface area contributed by atoms with Crippen LogP contribution in [0.15, 0.2) is 0 Å². The zero-order valence-corrected chi connectivity index (χ0v) is 7.62. The van der Waals surface area contributed by atoms with Crippen LogP contribution < -0.4 is 0 Å². The molecule has 0 unspecified atom stereocenters. The molecule has 9 nitrogen and oxygen atoms in total. The minimum absolute atomic E-state index is 0.955. The van der Waals surface area contributed by atoms with Gasteiger partial charge in [-0.25, -0.2) is 0 Å². The summed E-state index contributed by atoms with van der Waals surface area (Å²) >= 11 is 0. The van der Waals surface area contributed by atoms with Crippen molar-refractivity contribution in [3.8, 4) is 0 Å². The molecule has 0 aromatic carbocycles. The topological polar surface area (TPSA) is 151 Å². The molecule has 84 valence electrons. The second-order valence-electron chi connectivity index (χ2n) is 1.82. The second-order valence-corrected chi connectivity index (χ2v) is 1.82. The van der Waals surface area contributed by atoms with Crippen LogP contribution in [-0.2, 0) is 0 Å². The number of nitrogens with zero attached hydrogens (tertiary/aromatic N) is 2. The minimum Gasteiger partial charge on any atom is -0.328 e. The van der Waals surface area contributed by atoms with Crippen molar-refractivity contribution in [3.63, 3.8) is 0 Å². The minimum atomic E-state index is -1.50. The molecule has 0 saturated carbocycles. The molecule has 0 atom stereocenters. The summed E-state index contributed by atoms with van der Waals surface area (Å²) in [4.78, 5) is 16.7. The van der Waals surface area contributed by atoms with Gasteiger partial charge in [-0.1, -0.05) is 13.3 Å². The Morgan fingerprint density at radius 3 is 1.64 bits per heavy atom. The molecule has 0 bridgehead atoms. The first-order valence-electron chi connectivity index (χ1n) is 3.53. The van der Waals surface area contributed by atoms with Gasteiger partial charge in [0, 0.05) is 0 Å². The summed E-state index contributed by atoms with van der Waals surface area (Å²) < 4.78 is 0. The first-order valence-corrected chi connectivity index (χ1v) is 3.53. The highest BCUT2D eigenvalue weighted by Crippen LogP contribution is 1.87. The van der Waals surface area contributed by atoms with Gasteiger partial charge >= 0.3 is 0 Å². The van der Waals surface area contributed by atoms with E-state index < -0.39 is 10.2 Å². The predicted molar refractivity (Wildman–Crippen MR) is 45.9 cm³/mol. The summed E-state index contributed by atoms with van der Waals surface area (Å²) in [7, 11) is 0. The highest BCUT2D eigenvalue weighted by Gasteiger charge is 1.72. The molecule has 0 rings (SSSR count). The van der Waals surface area contributed by atoms with E-state index in [1.807, 2.05) is 0 Å². The van der Waals surface area contributed by atoms with Gasteiger partial charge in [0.25, 0.3) is 10.2 Å². The fourth-order valence-corrected chi connectivity index (χ4v) is 0.306. The van der Waals surface area contributed by atoms with Gasteiger partial charge in [-0.15, -0.1) is 20.2 Å². The Morgan fingerprint density at radius 1 is 1.29 bits per heavy atom. The highest BCUT2D eigenvalue weighted by molar-refractivity contribution is 5.52. The van der Waals surface area contributed by atoms with Crippen LogP contribution in [0.5, 0.6) is 0 Å². The Kier molecular flexibility index (Phi) is 22.1. The van der Waals surface area contributed by atoms with Gasteiger partial charge in [-0.2, -0.15) is 0 Å². The number of hydrogen-bond acceptors (Lipinski definition) is 5. The first-order chi connectivity index (χ1) is 6.38. The van der Waals surface area contributed by atoms with E-state index in [-0.39, 0.29) is 0 Å². The monoisotopic (exact) mass is 211 g/mol. The molecule has 0 aliphatic heterocycles. The molecule has 0 heterocycles. The number of nitrogens with one attached hydrogen (secondary N) is 1. The predicted octanol–water partition coefficient (Wildman–Crippen LogP) is 1.13. The van der Waals surface area contributed by atoms with Gasteiger partial charge in [0.2, 0.25) is 0 Å². The summed E-state index contributed by atoms with van der Waals surface area (Å²) in [6, 6.07) is 0. The summed E-state index contributed by atoms with van der Waals surface area (Å²) in [6.45, 7) is 2.13. The molecule has 0 aliphatic carbocycles. The maximum absolute atomic E-state index is 8.36. The molecular weight excluding hydrogens is 198 g/mol. The van der Waals surface area contributed by atoms with Gasteiger partial charge < -0.3 is 15.8 Å². The molecule has 0 fully saturated rings. The van der Waals surface area contributed by atoms with E-state index in [0.717, 1.165) is 6.42 Å². The molecule has 0 aromatic heterocycles. The molecule has 0 amide bonds. The van der Waals surface area contributed by atoms with Crippen LogP contribution in [0.2, 0.25) is 0 Å². The van der Waals surface area contributed by atoms with Crippen molar-refractivity contribution in [2.24, 2.45) is 0 Å². The van der Waals surface area contributed by atoms with E-state index in [1.54, 1.807) is 0 Å². The largest absolute Gasteiger partial charge is 0.328 e. The third-order valence-corrected chi connectivity index (χ3v) is 0.702. The van der Waals surface area contributed by atoms with Crippen molar-refractivity contribution in [2.75, 3.05) is 0 Å². The molecule has 0 aromatic rings. The quantitative estimate of drug-likeness (QED) is 0.275. The normalized spacial score (nSPS) is 6.93. The smallest absolute Gasteiger partial charge is 0.291 e. The molecule has 0 aliphatic rings. The lowest BCUT2D eigenvalue weighted by Crippen LogP contribution is -1.81. The molecule has 0 saturated heterocycles. The Bertz CT molecular complexity index is 142. The molecule has 0 radical (unpaired) electrons. The van der Waals surface area contributed by atoms with Crippen molar-refractivity contribution in [2.45, 2.75) is 26.2 Å². The van der Waals surface area contributed by atoms with Crippen LogP contribution in [0.25, 0.3) is 0 Å². The highest BCUT2D eigenvalue weighted by atomic mass is 16.9. The van der Waals surface area contributed by atoms with E-state index in [1.165, 1.54) is 19.1 Å². The van der Waals surface area contributed by atoms with Crippen LogP contribution in [0.4, 0.5) is 0 Å². The van der Waals surface area contributed by atoms with Crippen molar-refractivity contribution < 1.29 is 20.6 Å². The third kappa shape index (κ3) is 724. The lowest BCUT2D eigenvalue weighted by Gasteiger charge is -1.80. The number of unbranched alkanes of at least 4 members (excludes halogenated alkanes) is 2. The lowest BCUT2D eigenvalue weighted by atomic mass is 10.3. The van der Waals surface area contributed by atoms with Crippen molar-refractivity contribution in [3.05, 3.63) is 20.2 Å². The van der Waals surface area contributed by atoms with Crippen LogP contribution in [0, 0.1) is 25.6 Å². The van der Waals surface area contributed by atoms with E-state index in [2.05, 4.69) is 6.92 Å². The Morgan fingerprint density at radius 2 is 1.57 bits per heavy atom. The fourth-order valence-electron chi connectivity index (χ4n) is 0.306. The molecule has 3 N–H and O–H groups in total. The summed E-state index contributed by atoms with van der Waals surface area (Å²) in [5, 5.41) is 33.9. The first kappa shape index (κ1) is 18.0. The Hall–Kier alpha value is -1.93. The van der Waals surface area contributed by atoms with Crippen molar-refractivity contribution >= 4 is 6.21 Å². The number of rotatable bonds is 3. The molecular formula is C5H13N3O6. The number of hydrogen-bond donors (Lipinski definition) is 3. The van der Waals surface area contributed by atoms with E-state index in [9.17, 15) is 0 Å². The van der Waals surface area contributed by atoms with Crippen molar-refractivity contribution in [1.82, 2.24) is 0 Å². The zero-order valence-electron chi connectivity index (χ0n) is 7.62. The Labute approximate surface area is 79.7 Å². The van der Waals surface area contributed by atoms with E-state index in [0.29, 0.717) is 0 Å². The standard InChI is InChI=1S/C5H11N.2HNO3/c1-2-3-4-5-6;2*2-1(3)4/h5-6H,2-4H2,1H3;2*(H,2,3,4). The van der Waals surface area contributed by atoms with Crippen LogP contribution in [0.3, 0.4) is 0 Å². The van der Waals surface area contributed by atoms with Crippen molar-refractivity contribution in [1.29, 1.82) is 5.41 Å². The average Bonchev–Trinajstić information content (AvgIpc) is 1.98. The SMILES string of the molecule is CCCCC=N.O=[N+]([O-])O.O=[N+]([O-])O. The fraction of sp³-hybridized carbons (Fsp3) is 0.800. The Balaban J connectivity index is -0.000000135. The summed E-state index contributed by atoms with van der Waals surface area (Å²) in [5.41, 5.74) is 0. The van der Waals surface area contributed by atoms with E-state index >= 15 is 0 Å². The molecule has 14 heavy (non-hydrogen) atoms. The second kappa shape index (κ2) is 17.2. The summed E-state index contributed by atoms with van der Waals surface area (Å²) in [6.07, 6.45) is 4.79. The maximum Gasteiger partial charge on any atom is 0.291 e. The van der Waals surface area contributed by atoms with Crippen LogP contribution in [0.1, 0.15) is 26.2 Å². The van der Waals surface area contributed by atoms with Crippen LogP contribution >= 0.6 is 0 Å². The van der Waals surface area contributed by atoms with Gasteiger partial charge in [-0.3, -0.25) is 0 Å². The van der Waals surface area contributed by atoms with Crippen LogP contribution in [-0.4, -0.2) is 26.8 Å². The van der Waals surface area contributed by atoms with Gasteiger partial charge in [0.1, 0.15) is 0 Å². The van der Waals surface area contributed by atoms with Gasteiger partial charge in [0.05, 0.1) is 0 Å². The summed E-state index contributed by atoms with van der Waals surface area (Å²) in [5.74, 6) is 0. The van der Waals surface area contributed by atoms with Gasteiger partial charge in [-0.05, 0) is 19.1 Å². The lowest BCUT2D eigenvalue weighted by molar-refractivity contribution is -0.742. The molecule has 0 spiro atoms. The third-order valence-electron chi connectivity index (χ3n) is 0.702. The molecule has 9 heteroatoms. The average molecular weight is 211 g/mol. The van der Waals surface area contributed by atoms with E-state index in [4.69, 9.17) is 36.1 Å². The zero-order chi connectivity index (χ0) is 12.0. The maximum atomic E-state index is 8.36.